The van der Waals surface area contributed by atoms with Crippen molar-refractivity contribution in [2.75, 3.05) is 0 Å². The van der Waals surface area contributed by atoms with Gasteiger partial charge in [0.05, 0.1) is 16.1 Å². The van der Waals surface area contributed by atoms with Gasteiger partial charge in [-0.3, -0.25) is 9.59 Å². The van der Waals surface area contributed by atoms with E-state index in [9.17, 15) is 9.59 Å². The zero-order valence-electron chi connectivity index (χ0n) is 8.98. The maximum atomic E-state index is 10.4. The Bertz CT molecular complexity index is 474. The third-order valence-electron chi connectivity index (χ3n) is 2.08. The largest absolute Gasteiger partial charge is 0.341 e. The highest BCUT2D eigenvalue weighted by atomic mass is 79.9. The van der Waals surface area contributed by atoms with Crippen molar-refractivity contribution in [2.24, 2.45) is 7.05 Å². The van der Waals surface area contributed by atoms with E-state index < -0.39 is 0 Å². The zero-order valence-corrected chi connectivity index (χ0v) is 12.2. The number of carbonyl (C=O) groups excluding carboxylic acids is 2. The number of aromatic nitrogens is 1. The smallest absolute Gasteiger partial charge is 0.239 e. The molecule has 1 saturated heterocycles. The average molecular weight is 363 g/mol. The van der Waals surface area contributed by atoms with Crippen LogP contribution in [0.2, 0.25) is 0 Å². The molecule has 0 aromatic carbocycles. The fourth-order valence-corrected chi connectivity index (χ4v) is 2.06. The molecule has 1 fully saturated rings. The molecule has 7 heteroatoms. The normalized spacial score (nSPS) is 14.4. The van der Waals surface area contributed by atoms with Gasteiger partial charge in [-0.1, -0.05) is 0 Å². The number of hydrogen-bond donors (Lipinski definition) is 0. The van der Waals surface area contributed by atoms with Crippen LogP contribution in [0.5, 0.6) is 0 Å². The molecular formula is C10H9Br2N3O2. The van der Waals surface area contributed by atoms with Gasteiger partial charge in [-0.2, -0.15) is 5.26 Å². The van der Waals surface area contributed by atoms with E-state index in [0.29, 0.717) is 18.5 Å². The maximum absolute atomic E-state index is 10.4. The van der Waals surface area contributed by atoms with Crippen molar-refractivity contribution in [3.63, 3.8) is 0 Å². The number of carbonyl (C=O) groups is 2. The molecule has 0 spiro atoms. The molecule has 0 N–H and O–H groups in total. The van der Waals surface area contributed by atoms with Crippen LogP contribution in [0.15, 0.2) is 16.7 Å². The molecule has 17 heavy (non-hydrogen) atoms. The molecule has 2 heterocycles. The second kappa shape index (κ2) is 5.98. The molecule has 1 aromatic heterocycles. The summed E-state index contributed by atoms with van der Waals surface area (Å²) in [5, 5.41) is 8.44. The Morgan fingerprint density at radius 3 is 2.06 bits per heavy atom. The minimum absolute atomic E-state index is 0.144. The van der Waals surface area contributed by atoms with Crippen molar-refractivity contribution in [1.82, 2.24) is 8.49 Å². The molecule has 90 valence electrons. The van der Waals surface area contributed by atoms with Gasteiger partial charge in [-0.25, -0.2) is 3.93 Å². The van der Waals surface area contributed by atoms with E-state index in [2.05, 4.69) is 32.1 Å². The molecule has 2 rings (SSSR count). The molecular weight excluding hydrogens is 354 g/mol. The van der Waals surface area contributed by atoms with Crippen molar-refractivity contribution in [3.05, 3.63) is 22.4 Å². The monoisotopic (exact) mass is 361 g/mol. The lowest BCUT2D eigenvalue weighted by atomic mass is 10.4. The van der Waals surface area contributed by atoms with Crippen LogP contribution >= 0.6 is 32.1 Å². The van der Waals surface area contributed by atoms with Crippen LogP contribution in [0.25, 0.3) is 0 Å². The number of rotatable bonds is 0. The third-order valence-corrected chi connectivity index (χ3v) is 3.30. The molecule has 2 amide bonds. The van der Waals surface area contributed by atoms with Crippen LogP contribution in [0.3, 0.4) is 0 Å². The number of halogens is 2. The highest BCUT2D eigenvalue weighted by Crippen LogP contribution is 2.14. The maximum Gasteiger partial charge on any atom is 0.239 e. The van der Waals surface area contributed by atoms with Crippen LogP contribution in [-0.4, -0.2) is 20.3 Å². The van der Waals surface area contributed by atoms with E-state index >= 15 is 0 Å². The van der Waals surface area contributed by atoms with Crippen LogP contribution < -0.4 is 0 Å². The summed E-state index contributed by atoms with van der Waals surface area (Å²) in [5.41, 5.74) is 0.668. The molecule has 0 atom stereocenters. The average Bonchev–Trinajstić information content (AvgIpc) is 2.76. The Labute approximate surface area is 115 Å². The van der Waals surface area contributed by atoms with Gasteiger partial charge in [0.1, 0.15) is 11.8 Å². The predicted molar refractivity (Wildman–Crippen MR) is 67.8 cm³/mol. The Morgan fingerprint density at radius 2 is 1.88 bits per heavy atom. The van der Waals surface area contributed by atoms with Gasteiger partial charge in [-0.05, 0) is 22.0 Å². The van der Waals surface area contributed by atoms with E-state index in [4.69, 9.17) is 5.26 Å². The zero-order chi connectivity index (χ0) is 13.0. The van der Waals surface area contributed by atoms with Crippen LogP contribution in [0, 0.1) is 11.3 Å². The van der Waals surface area contributed by atoms with Crippen molar-refractivity contribution in [1.29, 1.82) is 5.26 Å². The number of amides is 2. The molecule has 5 nitrogen and oxygen atoms in total. The lowest BCUT2D eigenvalue weighted by molar-refractivity contribution is -0.131. The van der Waals surface area contributed by atoms with Gasteiger partial charge in [0.25, 0.3) is 0 Å². The van der Waals surface area contributed by atoms with E-state index in [1.807, 2.05) is 19.3 Å². The quantitative estimate of drug-likeness (QED) is 0.524. The van der Waals surface area contributed by atoms with Gasteiger partial charge < -0.3 is 4.57 Å². The first kappa shape index (κ1) is 13.9. The predicted octanol–water partition coefficient (Wildman–Crippen LogP) is 2.10. The molecule has 0 unspecified atom stereocenters. The number of imide groups is 1. The van der Waals surface area contributed by atoms with E-state index in [-0.39, 0.29) is 11.8 Å². The number of hydrogen-bond acceptors (Lipinski definition) is 3. The summed E-state index contributed by atoms with van der Waals surface area (Å²) in [4.78, 5) is 20.9. The summed E-state index contributed by atoms with van der Waals surface area (Å²) < 4.78 is 3.69. The molecule has 1 aliphatic rings. The van der Waals surface area contributed by atoms with E-state index in [0.717, 1.165) is 8.40 Å². The molecule has 0 aliphatic carbocycles. The lowest BCUT2D eigenvalue weighted by Gasteiger charge is -1.97. The SMILES string of the molecule is Cn1cc(Br)cc1C#N.O=C1CCC(=O)N1Br. The minimum Gasteiger partial charge on any atom is -0.341 e. The standard InChI is InChI=1S/C6H5BrN2.C4H4BrNO2/c1-9-4-5(7)2-6(9)3-8;5-6-3(7)1-2-4(6)8/h2,4H,1H3;1-2H2. The summed E-state index contributed by atoms with van der Waals surface area (Å²) in [5.74, 6) is -0.287. The summed E-state index contributed by atoms with van der Waals surface area (Å²) in [6.07, 6.45) is 2.55. The number of nitrogens with zero attached hydrogens (tertiary/aromatic N) is 3. The number of aryl methyl sites for hydroxylation is 1. The van der Waals surface area contributed by atoms with Gasteiger partial charge >= 0.3 is 0 Å². The summed E-state index contributed by atoms with van der Waals surface area (Å²) >= 11 is 6.06. The fourth-order valence-electron chi connectivity index (χ4n) is 1.18. The van der Waals surface area contributed by atoms with Gasteiger partial charge in [0.15, 0.2) is 0 Å². The van der Waals surface area contributed by atoms with Crippen LogP contribution in [0.1, 0.15) is 18.5 Å². The van der Waals surface area contributed by atoms with Crippen molar-refractivity contribution in [3.8, 4) is 6.07 Å². The lowest BCUT2D eigenvalue weighted by Crippen LogP contribution is -2.16. The van der Waals surface area contributed by atoms with E-state index in [1.165, 1.54) is 0 Å². The van der Waals surface area contributed by atoms with Gasteiger partial charge in [0, 0.05) is 30.6 Å². The minimum atomic E-state index is -0.144. The fraction of sp³-hybridized carbons (Fsp3) is 0.300. The van der Waals surface area contributed by atoms with E-state index in [1.54, 1.807) is 10.6 Å². The summed E-state index contributed by atoms with van der Waals surface area (Å²) in [6, 6.07) is 3.83. The first-order chi connectivity index (χ1) is 7.95. The van der Waals surface area contributed by atoms with Gasteiger partial charge in [0.2, 0.25) is 11.8 Å². The second-order valence-electron chi connectivity index (χ2n) is 3.33. The Balaban J connectivity index is 0.000000171. The van der Waals surface area contributed by atoms with Crippen molar-refractivity contribution < 1.29 is 9.59 Å². The Kier molecular flexibility index (Phi) is 4.90. The van der Waals surface area contributed by atoms with Crippen molar-refractivity contribution in [2.45, 2.75) is 12.8 Å². The molecule has 1 aromatic rings. The second-order valence-corrected chi connectivity index (χ2v) is 4.96. The Morgan fingerprint density at radius 1 is 1.35 bits per heavy atom. The molecule has 0 saturated carbocycles. The summed E-state index contributed by atoms with van der Waals surface area (Å²) in [6.45, 7) is 0. The highest BCUT2D eigenvalue weighted by Gasteiger charge is 2.26. The first-order valence-corrected chi connectivity index (χ1v) is 6.19. The number of nitriles is 1. The van der Waals surface area contributed by atoms with Crippen molar-refractivity contribution >= 4 is 43.9 Å². The summed E-state index contributed by atoms with van der Waals surface area (Å²) in [7, 11) is 1.84. The van der Waals surface area contributed by atoms with Crippen LogP contribution in [-0.2, 0) is 16.6 Å². The molecule has 0 radical (unpaired) electrons. The van der Waals surface area contributed by atoms with Gasteiger partial charge in [-0.15, -0.1) is 0 Å². The third kappa shape index (κ3) is 3.68. The molecule has 1 aliphatic heterocycles. The highest BCUT2D eigenvalue weighted by molar-refractivity contribution is 9.10. The Hall–Kier alpha value is -1.13. The molecule has 0 bridgehead atoms. The van der Waals surface area contributed by atoms with Crippen LogP contribution in [0.4, 0.5) is 0 Å². The first-order valence-electron chi connectivity index (χ1n) is 4.69. The topological polar surface area (TPSA) is 66.1 Å².